The van der Waals surface area contributed by atoms with Crippen molar-refractivity contribution in [3.63, 3.8) is 0 Å². The Balaban J connectivity index is 1.54. The molecule has 1 aliphatic heterocycles. The van der Waals surface area contributed by atoms with E-state index in [-0.39, 0.29) is 0 Å². The second-order valence-corrected chi connectivity index (χ2v) is 10.3. The van der Waals surface area contributed by atoms with Crippen LogP contribution in [0.15, 0.2) is 32.5 Å². The number of halogens is 1. The second-order valence-electron chi connectivity index (χ2n) is 5.69. The summed E-state index contributed by atoms with van der Waals surface area (Å²) in [6, 6.07) is 3.45. The van der Waals surface area contributed by atoms with E-state index in [1.165, 1.54) is 11.3 Å². The summed E-state index contributed by atoms with van der Waals surface area (Å²) in [5.74, 6) is 1.10. The van der Waals surface area contributed by atoms with E-state index in [0.29, 0.717) is 17.3 Å². The molecule has 0 aromatic carbocycles. The fourth-order valence-electron chi connectivity index (χ4n) is 2.86. The number of hydrogen-bond donors (Lipinski definition) is 0. The fraction of sp³-hybridized carbons (Fsp3) is 0.533. The van der Waals surface area contributed by atoms with Gasteiger partial charge in [0.05, 0.1) is 3.79 Å². The van der Waals surface area contributed by atoms with Gasteiger partial charge in [0, 0.05) is 58.1 Å². The predicted molar refractivity (Wildman–Crippen MR) is 98.8 cm³/mol. The van der Waals surface area contributed by atoms with E-state index in [0.717, 1.165) is 42.2 Å². The topological polar surface area (TPSA) is 58.4 Å². The summed E-state index contributed by atoms with van der Waals surface area (Å²) in [7, 11) is -3.35. The Morgan fingerprint density at radius 3 is 2.58 bits per heavy atom. The van der Waals surface area contributed by atoms with Gasteiger partial charge in [-0.3, -0.25) is 4.90 Å². The first-order valence-electron chi connectivity index (χ1n) is 7.98. The molecule has 6 nitrogen and oxygen atoms in total. The maximum Gasteiger partial charge on any atom is 0.252 e. The zero-order valence-electron chi connectivity index (χ0n) is 13.6. The third-order valence-corrected chi connectivity index (χ3v) is 8.24. The molecule has 0 spiro atoms. The van der Waals surface area contributed by atoms with Crippen LogP contribution < -0.4 is 0 Å². The van der Waals surface area contributed by atoms with Gasteiger partial charge in [-0.1, -0.05) is 6.92 Å². The van der Waals surface area contributed by atoms with E-state index in [4.69, 9.17) is 0 Å². The third-order valence-electron chi connectivity index (χ3n) is 4.25. The smallest absolute Gasteiger partial charge is 0.252 e. The van der Waals surface area contributed by atoms with Crippen molar-refractivity contribution in [1.82, 2.24) is 18.8 Å². The van der Waals surface area contributed by atoms with Gasteiger partial charge in [-0.05, 0) is 28.1 Å². The number of hydrogen-bond acceptors (Lipinski definition) is 5. The van der Waals surface area contributed by atoms with Crippen LogP contribution in [0.4, 0.5) is 0 Å². The number of nitrogens with zero attached hydrogens (tertiary/aromatic N) is 4. The minimum Gasteiger partial charge on any atom is -0.334 e. The molecule has 0 aliphatic carbocycles. The SMILES string of the molecule is CCc1nccn1CCN1CCN(S(=O)(=O)c2ccc(Br)s2)CC1. The zero-order chi connectivity index (χ0) is 17.2. The fourth-order valence-corrected chi connectivity index (χ4v) is 6.45. The Labute approximate surface area is 155 Å². The average molecular weight is 433 g/mol. The second kappa shape index (κ2) is 7.65. The molecule has 24 heavy (non-hydrogen) atoms. The lowest BCUT2D eigenvalue weighted by Gasteiger charge is -2.33. The predicted octanol–water partition coefficient (Wildman–Crippen LogP) is 2.28. The molecule has 2 aromatic rings. The highest BCUT2D eigenvalue weighted by atomic mass is 79.9. The molecular weight excluding hydrogens is 412 g/mol. The molecule has 2 aromatic heterocycles. The average Bonchev–Trinajstić information content (AvgIpc) is 3.22. The van der Waals surface area contributed by atoms with Gasteiger partial charge in [-0.25, -0.2) is 13.4 Å². The maximum absolute atomic E-state index is 12.6. The molecule has 0 amide bonds. The van der Waals surface area contributed by atoms with Crippen LogP contribution in [0.5, 0.6) is 0 Å². The highest BCUT2D eigenvalue weighted by molar-refractivity contribution is 9.11. The van der Waals surface area contributed by atoms with Crippen molar-refractivity contribution in [2.75, 3.05) is 32.7 Å². The Kier molecular flexibility index (Phi) is 5.76. The third kappa shape index (κ3) is 3.91. The summed E-state index contributed by atoms with van der Waals surface area (Å²) in [4.78, 5) is 6.65. The molecule has 3 heterocycles. The van der Waals surface area contributed by atoms with Crippen LogP contribution in [0.3, 0.4) is 0 Å². The Hall–Kier alpha value is -0.740. The van der Waals surface area contributed by atoms with Crippen LogP contribution in [0, 0.1) is 0 Å². The molecule has 3 rings (SSSR count). The first-order valence-corrected chi connectivity index (χ1v) is 11.0. The Morgan fingerprint density at radius 2 is 1.96 bits per heavy atom. The van der Waals surface area contributed by atoms with E-state index in [2.05, 4.69) is 37.3 Å². The summed E-state index contributed by atoms with van der Waals surface area (Å²) in [6.45, 7) is 6.54. The van der Waals surface area contributed by atoms with Crippen molar-refractivity contribution in [3.05, 3.63) is 34.1 Å². The van der Waals surface area contributed by atoms with Crippen LogP contribution in [-0.4, -0.2) is 59.9 Å². The van der Waals surface area contributed by atoms with Crippen LogP contribution in [0.1, 0.15) is 12.7 Å². The van der Waals surface area contributed by atoms with Crippen molar-refractivity contribution in [1.29, 1.82) is 0 Å². The lowest BCUT2D eigenvalue weighted by molar-refractivity contribution is 0.182. The molecule has 0 N–H and O–H groups in total. The monoisotopic (exact) mass is 432 g/mol. The quantitative estimate of drug-likeness (QED) is 0.702. The van der Waals surface area contributed by atoms with E-state index >= 15 is 0 Å². The molecular formula is C15H21BrN4O2S2. The number of aromatic nitrogens is 2. The molecule has 0 atom stereocenters. The van der Waals surface area contributed by atoms with Gasteiger partial charge in [0.25, 0.3) is 10.0 Å². The molecule has 0 radical (unpaired) electrons. The van der Waals surface area contributed by atoms with Crippen LogP contribution >= 0.6 is 27.3 Å². The molecule has 1 aliphatic rings. The van der Waals surface area contributed by atoms with Crippen molar-refractivity contribution in [3.8, 4) is 0 Å². The summed E-state index contributed by atoms with van der Waals surface area (Å²) in [6.07, 6.45) is 4.77. The first kappa shape index (κ1) is 18.1. The van der Waals surface area contributed by atoms with Gasteiger partial charge >= 0.3 is 0 Å². The zero-order valence-corrected chi connectivity index (χ0v) is 16.8. The number of rotatable bonds is 6. The largest absolute Gasteiger partial charge is 0.334 e. The van der Waals surface area contributed by atoms with Crippen LogP contribution in [0.25, 0.3) is 0 Å². The molecule has 0 saturated carbocycles. The molecule has 1 saturated heterocycles. The van der Waals surface area contributed by atoms with Gasteiger partial charge in [-0.15, -0.1) is 11.3 Å². The van der Waals surface area contributed by atoms with Gasteiger partial charge < -0.3 is 4.57 Å². The van der Waals surface area contributed by atoms with Gasteiger partial charge in [0.1, 0.15) is 10.0 Å². The van der Waals surface area contributed by atoms with E-state index in [9.17, 15) is 8.42 Å². The molecule has 1 fully saturated rings. The lowest BCUT2D eigenvalue weighted by Crippen LogP contribution is -2.49. The van der Waals surface area contributed by atoms with Gasteiger partial charge in [0.2, 0.25) is 0 Å². The lowest BCUT2D eigenvalue weighted by atomic mass is 10.3. The van der Waals surface area contributed by atoms with Gasteiger partial charge in [0.15, 0.2) is 0 Å². The summed E-state index contributed by atoms with van der Waals surface area (Å²) < 4.78 is 30.3. The van der Waals surface area contributed by atoms with Crippen molar-refractivity contribution in [2.45, 2.75) is 24.1 Å². The summed E-state index contributed by atoms with van der Waals surface area (Å²) in [5.41, 5.74) is 0. The minimum atomic E-state index is -3.35. The molecule has 0 unspecified atom stereocenters. The number of aryl methyl sites for hydroxylation is 1. The van der Waals surface area contributed by atoms with Crippen LogP contribution in [-0.2, 0) is 23.0 Å². The minimum absolute atomic E-state index is 0.411. The maximum atomic E-state index is 12.6. The van der Waals surface area contributed by atoms with Gasteiger partial charge in [-0.2, -0.15) is 4.31 Å². The highest BCUT2D eigenvalue weighted by Gasteiger charge is 2.29. The highest BCUT2D eigenvalue weighted by Crippen LogP contribution is 2.28. The molecule has 0 bridgehead atoms. The van der Waals surface area contributed by atoms with E-state index < -0.39 is 10.0 Å². The number of thiophene rings is 1. The van der Waals surface area contributed by atoms with Crippen molar-refractivity contribution < 1.29 is 8.42 Å². The Bertz CT molecular complexity index is 779. The van der Waals surface area contributed by atoms with E-state index in [1.807, 2.05) is 12.4 Å². The van der Waals surface area contributed by atoms with E-state index in [1.54, 1.807) is 16.4 Å². The number of imidazole rings is 1. The Morgan fingerprint density at radius 1 is 1.21 bits per heavy atom. The van der Waals surface area contributed by atoms with Crippen molar-refractivity contribution >= 4 is 37.3 Å². The summed E-state index contributed by atoms with van der Waals surface area (Å²) >= 11 is 4.59. The number of sulfonamides is 1. The summed E-state index contributed by atoms with van der Waals surface area (Å²) in [5, 5.41) is 0. The van der Waals surface area contributed by atoms with Crippen molar-refractivity contribution in [2.24, 2.45) is 0 Å². The normalized spacial score (nSPS) is 17.4. The molecule has 9 heteroatoms. The standard InChI is InChI=1S/C15H21BrN4O2S2/c1-2-14-17-5-6-19(14)10-7-18-8-11-20(12-9-18)24(21,22)15-4-3-13(16)23-15/h3-6H,2,7-12H2,1H3. The number of piperazine rings is 1. The molecule has 132 valence electrons. The van der Waals surface area contributed by atoms with Crippen LogP contribution in [0.2, 0.25) is 0 Å². The first-order chi connectivity index (χ1) is 11.5.